The maximum atomic E-state index is 12.4. The van der Waals surface area contributed by atoms with Gasteiger partial charge in [0.2, 0.25) is 5.91 Å². The number of halogens is 1. The van der Waals surface area contributed by atoms with Gasteiger partial charge in [-0.1, -0.05) is 29.3 Å². The van der Waals surface area contributed by atoms with Gasteiger partial charge in [0.1, 0.15) is 0 Å². The van der Waals surface area contributed by atoms with Gasteiger partial charge in [-0.15, -0.1) is 11.8 Å². The molecule has 116 valence electrons. The zero-order valence-corrected chi connectivity index (χ0v) is 14.8. The highest BCUT2D eigenvalue weighted by molar-refractivity contribution is 8.00. The van der Waals surface area contributed by atoms with Gasteiger partial charge in [-0.25, -0.2) is 0 Å². The topological polar surface area (TPSA) is 29.1 Å². The number of nitrogens with one attached hydrogen (secondary N) is 1. The highest BCUT2D eigenvalue weighted by atomic mass is 35.5. The summed E-state index contributed by atoms with van der Waals surface area (Å²) in [5, 5.41) is 3.57. The molecule has 1 atom stereocenters. The van der Waals surface area contributed by atoms with E-state index < -0.39 is 0 Å². The lowest BCUT2D eigenvalue weighted by Gasteiger charge is -2.16. The molecule has 1 amide bonds. The van der Waals surface area contributed by atoms with E-state index in [0.717, 1.165) is 21.7 Å². The van der Waals surface area contributed by atoms with Crippen LogP contribution in [0.25, 0.3) is 0 Å². The second kappa shape index (κ2) is 7.21. The first kappa shape index (κ1) is 16.9. The Morgan fingerprint density at radius 2 is 1.64 bits per heavy atom. The van der Waals surface area contributed by atoms with Crippen LogP contribution in [0.2, 0.25) is 5.02 Å². The summed E-state index contributed by atoms with van der Waals surface area (Å²) in [6.07, 6.45) is 0. The summed E-state index contributed by atoms with van der Waals surface area (Å²) in [5.41, 5.74) is 4.31. The van der Waals surface area contributed by atoms with Crippen molar-refractivity contribution in [3.05, 3.63) is 58.1 Å². The van der Waals surface area contributed by atoms with E-state index in [0.29, 0.717) is 5.02 Å². The molecule has 4 heteroatoms. The minimum atomic E-state index is -0.179. The van der Waals surface area contributed by atoms with E-state index in [-0.39, 0.29) is 11.2 Å². The van der Waals surface area contributed by atoms with Gasteiger partial charge in [0.15, 0.2) is 0 Å². The van der Waals surface area contributed by atoms with Crippen molar-refractivity contribution in [2.75, 3.05) is 5.32 Å². The molecule has 0 saturated heterocycles. The maximum absolute atomic E-state index is 12.4. The predicted octanol–water partition coefficient (Wildman–Crippen LogP) is 5.38. The summed E-state index contributed by atoms with van der Waals surface area (Å²) in [7, 11) is 0. The zero-order valence-electron chi connectivity index (χ0n) is 13.2. The number of hydrogen-bond donors (Lipinski definition) is 1. The molecule has 0 bridgehead atoms. The van der Waals surface area contributed by atoms with Crippen molar-refractivity contribution in [3.63, 3.8) is 0 Å². The Morgan fingerprint density at radius 3 is 2.18 bits per heavy atom. The molecule has 0 unspecified atom stereocenters. The van der Waals surface area contributed by atoms with E-state index in [1.807, 2.05) is 45.0 Å². The van der Waals surface area contributed by atoms with Gasteiger partial charge in [-0.3, -0.25) is 4.79 Å². The number of carbonyl (C=O) groups excluding carboxylic acids is 1. The van der Waals surface area contributed by atoms with E-state index in [9.17, 15) is 4.79 Å². The van der Waals surface area contributed by atoms with E-state index >= 15 is 0 Å². The number of amides is 1. The van der Waals surface area contributed by atoms with Crippen LogP contribution in [0.4, 0.5) is 5.69 Å². The van der Waals surface area contributed by atoms with Crippen LogP contribution in [0.15, 0.2) is 41.3 Å². The Hall–Kier alpha value is -1.45. The Balaban J connectivity index is 2.07. The number of aryl methyl sites for hydroxylation is 3. The first-order chi connectivity index (χ1) is 10.4. The van der Waals surface area contributed by atoms with Crippen molar-refractivity contribution in [1.82, 2.24) is 0 Å². The van der Waals surface area contributed by atoms with Gasteiger partial charge in [0.25, 0.3) is 0 Å². The van der Waals surface area contributed by atoms with Crippen molar-refractivity contribution < 1.29 is 4.79 Å². The third-order valence-electron chi connectivity index (χ3n) is 3.42. The molecule has 0 fully saturated rings. The number of carbonyl (C=O) groups is 1. The van der Waals surface area contributed by atoms with Crippen molar-refractivity contribution >= 4 is 35.0 Å². The van der Waals surface area contributed by atoms with Crippen LogP contribution in [-0.4, -0.2) is 11.2 Å². The van der Waals surface area contributed by atoms with Crippen molar-refractivity contribution in [2.24, 2.45) is 0 Å². The maximum Gasteiger partial charge on any atom is 0.237 e. The quantitative estimate of drug-likeness (QED) is 0.760. The molecule has 1 N–H and O–H groups in total. The first-order valence-corrected chi connectivity index (χ1v) is 8.43. The second-order valence-corrected chi connectivity index (χ2v) is 7.33. The summed E-state index contributed by atoms with van der Waals surface area (Å²) in [4.78, 5) is 13.4. The highest BCUT2D eigenvalue weighted by Gasteiger charge is 2.16. The number of thioether (sulfide) groups is 1. The van der Waals surface area contributed by atoms with Crippen molar-refractivity contribution in [3.8, 4) is 0 Å². The highest BCUT2D eigenvalue weighted by Crippen LogP contribution is 2.27. The van der Waals surface area contributed by atoms with Crippen LogP contribution in [0.1, 0.15) is 23.6 Å². The molecule has 0 radical (unpaired) electrons. The molecule has 0 spiro atoms. The molecule has 0 heterocycles. The Morgan fingerprint density at radius 1 is 1.09 bits per heavy atom. The van der Waals surface area contributed by atoms with E-state index in [1.165, 1.54) is 17.3 Å². The molecule has 0 aliphatic rings. The summed E-state index contributed by atoms with van der Waals surface area (Å²) < 4.78 is 0. The fourth-order valence-electron chi connectivity index (χ4n) is 2.37. The third-order valence-corrected chi connectivity index (χ3v) is 4.78. The number of anilines is 1. The smallest absolute Gasteiger partial charge is 0.237 e. The minimum absolute atomic E-state index is 0.00926. The molecule has 2 rings (SSSR count). The second-order valence-electron chi connectivity index (χ2n) is 5.48. The summed E-state index contributed by atoms with van der Waals surface area (Å²) >= 11 is 7.40. The number of benzene rings is 2. The average molecular weight is 334 g/mol. The Labute approximate surface area is 141 Å². The van der Waals surface area contributed by atoms with E-state index in [1.54, 1.807) is 0 Å². The van der Waals surface area contributed by atoms with Gasteiger partial charge in [0.05, 0.1) is 5.25 Å². The minimum Gasteiger partial charge on any atom is -0.325 e. The van der Waals surface area contributed by atoms with E-state index in [4.69, 9.17) is 11.6 Å². The SMILES string of the molecule is Cc1cc(C)c(NC(=O)[C@H](C)Sc2ccc(Cl)cc2)c(C)c1. The van der Waals surface area contributed by atoms with Crippen LogP contribution in [0.5, 0.6) is 0 Å². The molecule has 0 aliphatic carbocycles. The lowest BCUT2D eigenvalue weighted by atomic mass is 10.1. The average Bonchev–Trinajstić information content (AvgIpc) is 2.45. The van der Waals surface area contributed by atoms with Crippen molar-refractivity contribution in [2.45, 2.75) is 37.8 Å². The standard InChI is InChI=1S/C18H20ClNOS/c1-11-9-12(2)17(13(3)10-11)20-18(21)14(4)22-16-7-5-15(19)6-8-16/h5-10,14H,1-4H3,(H,20,21)/t14-/m0/s1. The molecule has 0 saturated carbocycles. The first-order valence-electron chi connectivity index (χ1n) is 7.18. The Kier molecular flexibility index (Phi) is 5.54. The molecule has 0 aromatic heterocycles. The molecular formula is C18H20ClNOS. The summed E-state index contributed by atoms with van der Waals surface area (Å²) in [5.74, 6) is 0.00926. The molecule has 2 nitrogen and oxygen atoms in total. The van der Waals surface area contributed by atoms with Crippen molar-refractivity contribution in [1.29, 1.82) is 0 Å². The van der Waals surface area contributed by atoms with Gasteiger partial charge in [-0.05, 0) is 63.1 Å². The van der Waals surface area contributed by atoms with Gasteiger partial charge >= 0.3 is 0 Å². The van der Waals surface area contributed by atoms with E-state index in [2.05, 4.69) is 24.4 Å². The van der Waals surface area contributed by atoms with Crippen LogP contribution < -0.4 is 5.32 Å². The van der Waals surface area contributed by atoms with Gasteiger partial charge < -0.3 is 5.32 Å². The molecule has 2 aromatic rings. The van der Waals surface area contributed by atoms with Crippen LogP contribution in [-0.2, 0) is 4.79 Å². The van der Waals surface area contributed by atoms with Gasteiger partial charge in [0, 0.05) is 15.6 Å². The largest absolute Gasteiger partial charge is 0.325 e. The van der Waals surface area contributed by atoms with Crippen LogP contribution in [0, 0.1) is 20.8 Å². The number of rotatable bonds is 4. The molecular weight excluding hydrogens is 314 g/mol. The molecule has 0 aliphatic heterocycles. The predicted molar refractivity (Wildman–Crippen MR) is 96.1 cm³/mol. The molecule has 22 heavy (non-hydrogen) atoms. The fraction of sp³-hybridized carbons (Fsp3) is 0.278. The van der Waals surface area contributed by atoms with Crippen LogP contribution in [0.3, 0.4) is 0 Å². The number of hydrogen-bond acceptors (Lipinski definition) is 2. The normalized spacial score (nSPS) is 12.0. The third kappa shape index (κ3) is 4.28. The molecule has 2 aromatic carbocycles. The lowest BCUT2D eigenvalue weighted by molar-refractivity contribution is -0.115. The Bertz CT molecular complexity index is 659. The lowest BCUT2D eigenvalue weighted by Crippen LogP contribution is -2.23. The monoisotopic (exact) mass is 333 g/mol. The van der Waals surface area contributed by atoms with Crippen LogP contribution >= 0.6 is 23.4 Å². The summed E-state index contributed by atoms with van der Waals surface area (Å²) in [6.45, 7) is 8.01. The van der Waals surface area contributed by atoms with Gasteiger partial charge in [-0.2, -0.15) is 0 Å². The fourth-order valence-corrected chi connectivity index (χ4v) is 3.37. The zero-order chi connectivity index (χ0) is 16.3. The summed E-state index contributed by atoms with van der Waals surface area (Å²) in [6, 6.07) is 11.7.